The van der Waals surface area contributed by atoms with Crippen molar-refractivity contribution in [1.82, 2.24) is 0 Å². The molecule has 0 aliphatic rings. The third-order valence-electron chi connectivity index (χ3n) is 2.43. The predicted molar refractivity (Wildman–Crippen MR) is 69.0 cm³/mol. The van der Waals surface area contributed by atoms with Crippen molar-refractivity contribution in [3.8, 4) is 5.75 Å². The van der Waals surface area contributed by atoms with E-state index in [1.807, 2.05) is 13.8 Å². The van der Waals surface area contributed by atoms with E-state index >= 15 is 0 Å². The lowest BCUT2D eigenvalue weighted by atomic mass is 10.1. The van der Waals surface area contributed by atoms with Gasteiger partial charge in [0.25, 0.3) is 9.05 Å². The monoisotopic (exact) mass is 312 g/mol. The van der Waals surface area contributed by atoms with Crippen molar-refractivity contribution in [3.05, 3.63) is 23.8 Å². The van der Waals surface area contributed by atoms with Gasteiger partial charge < -0.3 is 4.74 Å². The van der Waals surface area contributed by atoms with E-state index in [1.165, 1.54) is 0 Å². The van der Waals surface area contributed by atoms with Crippen LogP contribution < -0.4 is 4.74 Å². The molecule has 0 aliphatic heterocycles. The van der Waals surface area contributed by atoms with E-state index in [1.54, 1.807) is 0 Å². The summed E-state index contributed by atoms with van der Waals surface area (Å²) in [6.07, 6.45) is 1.53. The fourth-order valence-corrected chi connectivity index (χ4v) is 2.24. The molecule has 0 saturated carbocycles. The Kier molecular flexibility index (Phi) is 5.55. The molecule has 0 fully saturated rings. The Bertz CT molecular complexity index is 521. The highest BCUT2D eigenvalue weighted by Gasteiger charge is 2.18. The van der Waals surface area contributed by atoms with E-state index in [-0.39, 0.29) is 6.61 Å². The van der Waals surface area contributed by atoms with Crippen LogP contribution in [-0.2, 0) is 9.05 Å². The van der Waals surface area contributed by atoms with E-state index in [9.17, 15) is 17.2 Å². The maximum Gasteiger partial charge on any atom is 0.261 e. The predicted octanol–water partition coefficient (Wildman–Crippen LogP) is 3.71. The largest absolute Gasteiger partial charge is 0.488 e. The summed E-state index contributed by atoms with van der Waals surface area (Å²) in [4.78, 5) is -0.626. The quantitative estimate of drug-likeness (QED) is 0.594. The number of hydrogen-bond acceptors (Lipinski definition) is 3. The van der Waals surface area contributed by atoms with Crippen molar-refractivity contribution in [3.63, 3.8) is 0 Å². The van der Waals surface area contributed by atoms with Crippen LogP contribution in [0, 0.1) is 17.6 Å². The van der Waals surface area contributed by atoms with Crippen LogP contribution in [0.25, 0.3) is 0 Å². The first kappa shape index (κ1) is 16.2. The Morgan fingerprint density at radius 2 is 1.79 bits per heavy atom. The van der Waals surface area contributed by atoms with Crippen molar-refractivity contribution in [1.29, 1.82) is 0 Å². The number of benzene rings is 1. The van der Waals surface area contributed by atoms with E-state index in [2.05, 4.69) is 0 Å². The summed E-state index contributed by atoms with van der Waals surface area (Å²) in [7, 11) is 0.850. The maximum atomic E-state index is 13.5. The normalized spacial score (nSPS) is 11.9. The van der Waals surface area contributed by atoms with Crippen molar-refractivity contribution >= 4 is 19.7 Å². The van der Waals surface area contributed by atoms with Crippen LogP contribution in [0.2, 0.25) is 0 Å². The Balaban J connectivity index is 2.81. The summed E-state index contributed by atoms with van der Waals surface area (Å²) in [6.45, 7) is 4.22. The molecule has 0 radical (unpaired) electrons. The van der Waals surface area contributed by atoms with E-state index in [0.29, 0.717) is 24.5 Å². The van der Waals surface area contributed by atoms with Gasteiger partial charge >= 0.3 is 0 Å². The molecule has 0 heterocycles. The summed E-state index contributed by atoms with van der Waals surface area (Å²) >= 11 is 0. The van der Waals surface area contributed by atoms with Gasteiger partial charge in [-0.25, -0.2) is 17.2 Å². The maximum absolute atomic E-state index is 13.5. The first-order valence-electron chi connectivity index (χ1n) is 5.78. The fourth-order valence-electron chi connectivity index (χ4n) is 1.48. The second kappa shape index (κ2) is 6.52. The van der Waals surface area contributed by atoms with Gasteiger partial charge in [0.15, 0.2) is 17.4 Å². The molecular formula is C12H15ClF2O3S. The molecule has 108 valence electrons. The minimum absolute atomic E-state index is 0.166. The minimum atomic E-state index is -4.16. The average Bonchev–Trinajstić information content (AvgIpc) is 2.25. The highest BCUT2D eigenvalue weighted by Crippen LogP contribution is 2.27. The number of rotatable bonds is 6. The van der Waals surface area contributed by atoms with Gasteiger partial charge in [-0.15, -0.1) is 0 Å². The highest BCUT2D eigenvalue weighted by molar-refractivity contribution is 8.13. The van der Waals surface area contributed by atoms with Crippen molar-refractivity contribution in [2.24, 2.45) is 5.92 Å². The van der Waals surface area contributed by atoms with Crippen LogP contribution in [0.15, 0.2) is 17.0 Å². The van der Waals surface area contributed by atoms with Gasteiger partial charge in [0, 0.05) is 10.7 Å². The molecule has 0 aromatic heterocycles. The fraction of sp³-hybridized carbons (Fsp3) is 0.500. The summed E-state index contributed by atoms with van der Waals surface area (Å²) < 4.78 is 54.0. The zero-order valence-corrected chi connectivity index (χ0v) is 12.2. The first-order chi connectivity index (χ1) is 8.71. The molecule has 19 heavy (non-hydrogen) atoms. The second-order valence-corrected chi connectivity index (χ2v) is 7.10. The van der Waals surface area contributed by atoms with Gasteiger partial charge in [0.1, 0.15) is 0 Å². The smallest absolute Gasteiger partial charge is 0.261 e. The number of hydrogen-bond donors (Lipinski definition) is 0. The topological polar surface area (TPSA) is 43.4 Å². The average molecular weight is 313 g/mol. The van der Waals surface area contributed by atoms with Crippen LogP contribution in [-0.4, -0.2) is 15.0 Å². The third-order valence-corrected chi connectivity index (χ3v) is 3.76. The first-order valence-corrected chi connectivity index (χ1v) is 8.09. The Morgan fingerprint density at radius 1 is 1.26 bits per heavy atom. The van der Waals surface area contributed by atoms with Crippen molar-refractivity contribution in [2.45, 2.75) is 31.6 Å². The zero-order chi connectivity index (χ0) is 14.6. The third kappa shape index (κ3) is 4.95. The minimum Gasteiger partial charge on any atom is -0.488 e. The standard InChI is InChI=1S/C12H15ClF2O3S/c1-8(2)4-3-5-18-12-10(14)6-9(7-11(12)15)19(13,16)17/h6-8H,3-5H2,1-2H3. The van der Waals surface area contributed by atoms with Gasteiger partial charge in [-0.1, -0.05) is 13.8 Å². The molecule has 1 aromatic carbocycles. The van der Waals surface area contributed by atoms with Crippen LogP contribution in [0.5, 0.6) is 5.75 Å². The van der Waals surface area contributed by atoms with E-state index in [0.717, 1.165) is 6.42 Å². The molecule has 0 aliphatic carbocycles. The van der Waals surface area contributed by atoms with E-state index in [4.69, 9.17) is 15.4 Å². The summed E-state index contributed by atoms with van der Waals surface area (Å²) in [5, 5.41) is 0. The number of halogens is 3. The second-order valence-electron chi connectivity index (χ2n) is 4.54. The summed E-state index contributed by atoms with van der Waals surface area (Å²) in [5.41, 5.74) is 0. The molecule has 0 bridgehead atoms. The van der Waals surface area contributed by atoms with Crippen molar-refractivity contribution in [2.75, 3.05) is 6.61 Å². The molecule has 1 rings (SSSR count). The van der Waals surface area contributed by atoms with Crippen molar-refractivity contribution < 1.29 is 21.9 Å². The number of ether oxygens (including phenoxy) is 1. The van der Waals surface area contributed by atoms with Crippen LogP contribution in [0.1, 0.15) is 26.7 Å². The Labute approximate surface area is 115 Å². The molecule has 0 spiro atoms. The highest BCUT2D eigenvalue weighted by atomic mass is 35.7. The molecule has 1 aromatic rings. The van der Waals surface area contributed by atoms with Gasteiger partial charge in [0.05, 0.1) is 11.5 Å². The lowest BCUT2D eigenvalue weighted by Gasteiger charge is -2.10. The molecule has 7 heteroatoms. The van der Waals surface area contributed by atoms with Gasteiger partial charge in [-0.2, -0.15) is 0 Å². The van der Waals surface area contributed by atoms with Crippen LogP contribution in [0.4, 0.5) is 8.78 Å². The zero-order valence-electron chi connectivity index (χ0n) is 10.6. The molecule has 0 atom stereocenters. The van der Waals surface area contributed by atoms with Crippen LogP contribution in [0.3, 0.4) is 0 Å². The summed E-state index contributed by atoms with van der Waals surface area (Å²) in [5.74, 6) is -2.26. The van der Waals surface area contributed by atoms with Gasteiger partial charge in [-0.3, -0.25) is 0 Å². The molecule has 0 unspecified atom stereocenters. The lowest BCUT2D eigenvalue weighted by Crippen LogP contribution is -2.04. The van der Waals surface area contributed by atoms with Gasteiger partial charge in [-0.05, 0) is 30.9 Å². The van der Waals surface area contributed by atoms with Gasteiger partial charge in [0.2, 0.25) is 0 Å². The Hall–Kier alpha value is -0.880. The molecule has 0 amide bonds. The lowest BCUT2D eigenvalue weighted by molar-refractivity contribution is 0.269. The Morgan fingerprint density at radius 3 is 2.21 bits per heavy atom. The van der Waals surface area contributed by atoms with E-state index < -0.39 is 31.3 Å². The summed E-state index contributed by atoms with van der Waals surface area (Å²) in [6, 6.07) is 1.28. The van der Waals surface area contributed by atoms with Crippen LogP contribution >= 0.6 is 10.7 Å². The molecule has 0 saturated heterocycles. The SMILES string of the molecule is CC(C)CCCOc1c(F)cc(S(=O)(=O)Cl)cc1F. The molecule has 0 N–H and O–H groups in total. The molecule has 3 nitrogen and oxygen atoms in total. The molecular weight excluding hydrogens is 298 g/mol.